The number of anilines is 1. The number of carbonyl (C=O) groups is 2. The molecule has 0 saturated heterocycles. The molecular weight excluding hydrogens is 398 g/mol. The SMILES string of the molecule is Cl.NC1C2CCCC1CC(C(=O)NCc1cccc(NC(=O)C3CCCCC3)c1)C2. The van der Waals surface area contributed by atoms with Gasteiger partial charge in [0.05, 0.1) is 0 Å². The Morgan fingerprint density at radius 3 is 2.30 bits per heavy atom. The van der Waals surface area contributed by atoms with E-state index in [2.05, 4.69) is 10.6 Å². The highest BCUT2D eigenvalue weighted by Gasteiger charge is 2.40. The summed E-state index contributed by atoms with van der Waals surface area (Å²) in [4.78, 5) is 25.2. The number of nitrogens with two attached hydrogens (primary N) is 1. The average Bonchev–Trinajstić information content (AvgIpc) is 2.73. The van der Waals surface area contributed by atoms with Gasteiger partial charge in [-0.2, -0.15) is 0 Å². The number of benzene rings is 1. The Morgan fingerprint density at radius 1 is 0.900 bits per heavy atom. The molecule has 2 unspecified atom stereocenters. The van der Waals surface area contributed by atoms with Gasteiger partial charge in [-0.05, 0) is 68.1 Å². The van der Waals surface area contributed by atoms with E-state index in [-0.39, 0.29) is 42.1 Å². The van der Waals surface area contributed by atoms with Crippen molar-refractivity contribution in [3.05, 3.63) is 29.8 Å². The number of carbonyl (C=O) groups excluding carboxylic acids is 2. The van der Waals surface area contributed by atoms with E-state index in [1.165, 1.54) is 25.7 Å². The van der Waals surface area contributed by atoms with Crippen molar-refractivity contribution in [3.63, 3.8) is 0 Å². The molecule has 1 aromatic rings. The summed E-state index contributed by atoms with van der Waals surface area (Å²) in [6, 6.07) is 8.14. The van der Waals surface area contributed by atoms with Crippen LogP contribution in [0.25, 0.3) is 0 Å². The Kier molecular flexibility index (Phi) is 8.18. The predicted molar refractivity (Wildman–Crippen MR) is 122 cm³/mol. The molecule has 4 rings (SSSR count). The van der Waals surface area contributed by atoms with Gasteiger partial charge in [-0.25, -0.2) is 0 Å². The van der Waals surface area contributed by atoms with Crippen molar-refractivity contribution in [2.24, 2.45) is 29.4 Å². The number of hydrogen-bond donors (Lipinski definition) is 3. The molecule has 0 aromatic heterocycles. The zero-order valence-corrected chi connectivity index (χ0v) is 18.6. The van der Waals surface area contributed by atoms with Crippen LogP contribution in [0.2, 0.25) is 0 Å². The fourth-order valence-corrected chi connectivity index (χ4v) is 5.70. The Balaban J connectivity index is 0.00000256. The van der Waals surface area contributed by atoms with Crippen LogP contribution in [0.5, 0.6) is 0 Å². The standard InChI is InChI=1S/C24H35N3O2.ClH/c25-22-18-9-5-10-19(22)14-20(13-18)23(28)26-15-16-6-4-11-21(12-16)27-24(29)17-7-2-1-3-8-17;/h4,6,11-12,17-20,22H,1-3,5,7-10,13-15,25H2,(H,26,28)(H,27,29);1H. The highest BCUT2D eigenvalue weighted by molar-refractivity contribution is 5.92. The summed E-state index contributed by atoms with van der Waals surface area (Å²) in [5.41, 5.74) is 8.20. The monoisotopic (exact) mass is 433 g/mol. The zero-order valence-electron chi connectivity index (χ0n) is 17.8. The maximum atomic E-state index is 12.8. The first-order valence-corrected chi connectivity index (χ1v) is 11.5. The first-order chi connectivity index (χ1) is 14.1. The highest BCUT2D eigenvalue weighted by Crippen LogP contribution is 2.41. The summed E-state index contributed by atoms with van der Waals surface area (Å²) in [5, 5.41) is 6.19. The molecule has 5 nitrogen and oxygen atoms in total. The number of amides is 2. The second-order valence-corrected chi connectivity index (χ2v) is 9.44. The maximum absolute atomic E-state index is 12.8. The van der Waals surface area contributed by atoms with E-state index in [1.807, 2.05) is 24.3 Å². The molecular formula is C24H36ClN3O2. The molecule has 0 radical (unpaired) electrons. The van der Waals surface area contributed by atoms with E-state index in [1.54, 1.807) is 0 Å². The molecule has 1 aromatic carbocycles. The Labute approximate surface area is 186 Å². The van der Waals surface area contributed by atoms with Gasteiger partial charge in [0.1, 0.15) is 0 Å². The Hall–Kier alpha value is -1.59. The van der Waals surface area contributed by atoms with Crippen LogP contribution in [-0.4, -0.2) is 17.9 Å². The lowest BCUT2D eigenvalue weighted by Crippen LogP contribution is -2.49. The third-order valence-corrected chi connectivity index (χ3v) is 7.42. The van der Waals surface area contributed by atoms with Gasteiger partial charge in [0.2, 0.25) is 11.8 Å². The minimum absolute atomic E-state index is 0. The Morgan fingerprint density at radius 2 is 1.60 bits per heavy atom. The van der Waals surface area contributed by atoms with Crippen LogP contribution < -0.4 is 16.4 Å². The van der Waals surface area contributed by atoms with Crippen LogP contribution in [0.15, 0.2) is 24.3 Å². The van der Waals surface area contributed by atoms with E-state index in [9.17, 15) is 9.59 Å². The fraction of sp³-hybridized carbons (Fsp3) is 0.667. The minimum Gasteiger partial charge on any atom is -0.352 e. The Bertz CT molecular complexity index is 721. The largest absolute Gasteiger partial charge is 0.352 e. The molecule has 3 fully saturated rings. The van der Waals surface area contributed by atoms with Gasteiger partial charge in [0.15, 0.2) is 0 Å². The summed E-state index contributed by atoms with van der Waals surface area (Å²) in [5.74, 6) is 1.55. The lowest BCUT2D eigenvalue weighted by atomic mass is 9.65. The van der Waals surface area contributed by atoms with Crippen molar-refractivity contribution in [3.8, 4) is 0 Å². The molecule has 0 spiro atoms. The molecule has 2 atom stereocenters. The van der Waals surface area contributed by atoms with Crippen molar-refractivity contribution >= 4 is 29.9 Å². The van der Waals surface area contributed by atoms with E-state index in [0.717, 1.165) is 49.8 Å². The number of fused-ring (bicyclic) bond motifs is 2. The molecule has 6 heteroatoms. The molecule has 30 heavy (non-hydrogen) atoms. The fourth-order valence-electron chi connectivity index (χ4n) is 5.70. The van der Waals surface area contributed by atoms with Crippen molar-refractivity contribution < 1.29 is 9.59 Å². The van der Waals surface area contributed by atoms with Crippen molar-refractivity contribution in [2.75, 3.05) is 5.32 Å². The van der Waals surface area contributed by atoms with E-state index in [4.69, 9.17) is 5.73 Å². The predicted octanol–water partition coefficient (Wildman–Crippen LogP) is 4.40. The van der Waals surface area contributed by atoms with Crippen molar-refractivity contribution in [2.45, 2.75) is 76.8 Å². The first-order valence-electron chi connectivity index (χ1n) is 11.5. The van der Waals surface area contributed by atoms with Crippen LogP contribution in [0.3, 0.4) is 0 Å². The lowest BCUT2D eigenvalue weighted by Gasteiger charge is -2.43. The molecule has 3 saturated carbocycles. The maximum Gasteiger partial charge on any atom is 0.227 e. The second-order valence-electron chi connectivity index (χ2n) is 9.44. The molecule has 0 aliphatic heterocycles. The first kappa shape index (κ1) is 23.1. The second kappa shape index (κ2) is 10.6. The number of rotatable bonds is 5. The number of halogens is 1. The lowest BCUT2D eigenvalue weighted by molar-refractivity contribution is -0.128. The summed E-state index contributed by atoms with van der Waals surface area (Å²) in [6.45, 7) is 0.504. The molecule has 2 amide bonds. The smallest absolute Gasteiger partial charge is 0.227 e. The zero-order chi connectivity index (χ0) is 20.2. The van der Waals surface area contributed by atoms with Crippen LogP contribution >= 0.6 is 12.4 Å². The van der Waals surface area contributed by atoms with Crippen LogP contribution in [0, 0.1) is 23.7 Å². The van der Waals surface area contributed by atoms with Gasteiger partial charge in [0.25, 0.3) is 0 Å². The minimum atomic E-state index is 0. The van der Waals surface area contributed by atoms with Crippen molar-refractivity contribution in [1.29, 1.82) is 0 Å². The molecule has 2 bridgehead atoms. The molecule has 0 heterocycles. The van der Waals surface area contributed by atoms with Gasteiger partial charge >= 0.3 is 0 Å². The van der Waals surface area contributed by atoms with E-state index in [0.29, 0.717) is 18.4 Å². The van der Waals surface area contributed by atoms with Gasteiger partial charge in [-0.15, -0.1) is 12.4 Å². The molecule has 3 aliphatic rings. The molecule has 4 N–H and O–H groups in total. The van der Waals surface area contributed by atoms with Gasteiger partial charge < -0.3 is 16.4 Å². The van der Waals surface area contributed by atoms with E-state index < -0.39 is 0 Å². The normalized spacial score (nSPS) is 28.8. The van der Waals surface area contributed by atoms with Gasteiger partial charge in [-0.1, -0.05) is 37.8 Å². The third kappa shape index (κ3) is 5.55. The third-order valence-electron chi connectivity index (χ3n) is 7.42. The van der Waals surface area contributed by atoms with Gasteiger partial charge in [0, 0.05) is 30.1 Å². The summed E-state index contributed by atoms with van der Waals surface area (Å²) >= 11 is 0. The highest BCUT2D eigenvalue weighted by atomic mass is 35.5. The topological polar surface area (TPSA) is 84.2 Å². The molecule has 3 aliphatic carbocycles. The van der Waals surface area contributed by atoms with Crippen LogP contribution in [0.1, 0.15) is 69.8 Å². The van der Waals surface area contributed by atoms with Crippen LogP contribution in [-0.2, 0) is 16.1 Å². The van der Waals surface area contributed by atoms with E-state index >= 15 is 0 Å². The van der Waals surface area contributed by atoms with Crippen molar-refractivity contribution in [1.82, 2.24) is 5.32 Å². The van der Waals surface area contributed by atoms with Crippen LogP contribution in [0.4, 0.5) is 5.69 Å². The summed E-state index contributed by atoms with van der Waals surface area (Å²) in [6.07, 6.45) is 11.0. The quantitative estimate of drug-likeness (QED) is 0.643. The number of hydrogen-bond acceptors (Lipinski definition) is 3. The summed E-state index contributed by atoms with van der Waals surface area (Å²) < 4.78 is 0. The number of nitrogens with one attached hydrogen (secondary N) is 2. The summed E-state index contributed by atoms with van der Waals surface area (Å²) in [7, 11) is 0. The van der Waals surface area contributed by atoms with Gasteiger partial charge in [-0.3, -0.25) is 9.59 Å². The molecule has 166 valence electrons. The average molecular weight is 434 g/mol.